The van der Waals surface area contributed by atoms with Crippen LogP contribution in [0.25, 0.3) is 0 Å². The predicted octanol–water partition coefficient (Wildman–Crippen LogP) is 8.08. The number of fused-ring (bicyclic) bond motifs is 5. The first-order valence-corrected chi connectivity index (χ1v) is 19.4. The van der Waals surface area contributed by atoms with Crippen molar-refractivity contribution in [3.8, 4) is 0 Å². The van der Waals surface area contributed by atoms with E-state index in [2.05, 4.69) is 59.2 Å². The molecule has 0 heterocycles. The Labute approximate surface area is 192 Å². The summed E-state index contributed by atoms with van der Waals surface area (Å²) < 4.78 is 13.1. The molecular formula is C25H43ClO2Si2. The van der Waals surface area contributed by atoms with Crippen molar-refractivity contribution >= 4 is 28.2 Å². The number of allylic oxidation sites excluding steroid dienone is 3. The van der Waals surface area contributed by atoms with Gasteiger partial charge in [-0.1, -0.05) is 25.4 Å². The van der Waals surface area contributed by atoms with Crippen LogP contribution < -0.4 is 0 Å². The van der Waals surface area contributed by atoms with Crippen molar-refractivity contribution in [3.05, 3.63) is 22.4 Å². The van der Waals surface area contributed by atoms with Crippen molar-refractivity contribution in [1.29, 1.82) is 0 Å². The van der Waals surface area contributed by atoms with Crippen LogP contribution in [0.4, 0.5) is 0 Å². The third-order valence-corrected chi connectivity index (χ3v) is 10.9. The van der Waals surface area contributed by atoms with Crippen LogP contribution in [0.2, 0.25) is 39.3 Å². The minimum atomic E-state index is -1.59. The maximum Gasteiger partial charge on any atom is 0.241 e. The lowest BCUT2D eigenvalue weighted by atomic mass is 9.47. The fourth-order valence-electron chi connectivity index (χ4n) is 7.34. The normalized spacial score (nSPS) is 41.7. The SMILES string of the molecule is C[C@]12CC[C@@H](O[Si](C)(C)C)C(Cl)=C1CCC1C2CC[C@]2(C)C(O[Si](C)(C)C)=CCC12. The zero-order valence-electron chi connectivity index (χ0n) is 20.5. The molecule has 2 nitrogen and oxygen atoms in total. The van der Waals surface area contributed by atoms with Gasteiger partial charge in [-0.05, 0) is 119 Å². The van der Waals surface area contributed by atoms with Gasteiger partial charge in [-0.25, -0.2) is 0 Å². The largest absolute Gasteiger partial charge is 0.547 e. The van der Waals surface area contributed by atoms with Crippen LogP contribution in [0.5, 0.6) is 0 Å². The van der Waals surface area contributed by atoms with Crippen molar-refractivity contribution in [1.82, 2.24) is 0 Å². The lowest BCUT2D eigenvalue weighted by Crippen LogP contribution is -2.51. The average Bonchev–Trinajstić information content (AvgIpc) is 2.92. The molecule has 30 heavy (non-hydrogen) atoms. The van der Waals surface area contributed by atoms with Gasteiger partial charge in [0.2, 0.25) is 8.32 Å². The summed E-state index contributed by atoms with van der Waals surface area (Å²) in [6.45, 7) is 18.8. The molecule has 4 aliphatic carbocycles. The summed E-state index contributed by atoms with van der Waals surface area (Å²) in [7, 11) is -3.17. The van der Waals surface area contributed by atoms with Crippen molar-refractivity contribution < 1.29 is 8.85 Å². The van der Waals surface area contributed by atoms with E-state index in [1.165, 1.54) is 44.3 Å². The molecular weight excluding hydrogens is 424 g/mol. The maximum atomic E-state index is 7.07. The minimum Gasteiger partial charge on any atom is -0.547 e. The molecule has 0 aromatic heterocycles. The van der Waals surface area contributed by atoms with E-state index in [0.717, 1.165) is 29.2 Å². The highest BCUT2D eigenvalue weighted by molar-refractivity contribution is 6.70. The highest BCUT2D eigenvalue weighted by Crippen LogP contribution is 2.66. The third-order valence-electron chi connectivity index (χ3n) is 8.59. The fourth-order valence-corrected chi connectivity index (χ4v) is 9.94. The Morgan fingerprint density at radius 2 is 1.57 bits per heavy atom. The summed E-state index contributed by atoms with van der Waals surface area (Å²) in [6, 6.07) is 0. The van der Waals surface area contributed by atoms with Crippen LogP contribution in [0.15, 0.2) is 22.4 Å². The third kappa shape index (κ3) is 3.93. The number of halogens is 1. The molecule has 4 aliphatic rings. The van der Waals surface area contributed by atoms with Gasteiger partial charge in [0.05, 0.1) is 11.9 Å². The van der Waals surface area contributed by atoms with Gasteiger partial charge in [-0.15, -0.1) is 0 Å². The molecule has 6 atom stereocenters. The number of hydrogen-bond acceptors (Lipinski definition) is 2. The van der Waals surface area contributed by atoms with Gasteiger partial charge >= 0.3 is 0 Å². The molecule has 0 aromatic carbocycles. The van der Waals surface area contributed by atoms with E-state index in [4.69, 9.17) is 20.5 Å². The number of hydrogen-bond donors (Lipinski definition) is 0. The second kappa shape index (κ2) is 7.50. The second-order valence-electron chi connectivity index (χ2n) is 12.9. The standard InChI is InChI=1S/C25H43ClO2Si2/c1-24-16-14-21(27-29(3,4)5)23(26)20(24)10-9-17-18-11-12-22(28-30(6,7)8)25(18,2)15-13-19(17)24/h12,17-19,21H,9-11,13-16H2,1-8H3/t17?,18?,19?,21-,24-,25+/m1/s1. The Morgan fingerprint density at radius 3 is 2.20 bits per heavy atom. The van der Waals surface area contributed by atoms with Crippen LogP contribution in [0.1, 0.15) is 58.8 Å². The lowest BCUT2D eigenvalue weighted by molar-refractivity contribution is -0.0431. The molecule has 0 radical (unpaired) electrons. The summed E-state index contributed by atoms with van der Waals surface area (Å²) in [5, 5.41) is 1.07. The molecule has 3 unspecified atom stereocenters. The highest BCUT2D eigenvalue weighted by atomic mass is 35.5. The van der Waals surface area contributed by atoms with Gasteiger partial charge in [0.15, 0.2) is 8.32 Å². The second-order valence-corrected chi connectivity index (χ2v) is 22.2. The molecule has 2 fully saturated rings. The van der Waals surface area contributed by atoms with Crippen molar-refractivity contribution in [2.24, 2.45) is 28.6 Å². The molecule has 0 spiro atoms. The molecule has 0 saturated heterocycles. The van der Waals surface area contributed by atoms with E-state index < -0.39 is 16.6 Å². The topological polar surface area (TPSA) is 18.5 Å². The Morgan fingerprint density at radius 1 is 0.900 bits per heavy atom. The molecule has 4 rings (SSSR count). The van der Waals surface area contributed by atoms with Crippen molar-refractivity contribution in [2.45, 2.75) is 104 Å². The van der Waals surface area contributed by atoms with E-state index in [1.54, 1.807) is 5.57 Å². The predicted molar refractivity (Wildman–Crippen MR) is 133 cm³/mol. The Balaban J connectivity index is 1.58. The zero-order valence-corrected chi connectivity index (χ0v) is 23.3. The van der Waals surface area contributed by atoms with Crippen LogP contribution in [-0.4, -0.2) is 22.7 Å². The van der Waals surface area contributed by atoms with E-state index in [-0.39, 0.29) is 16.9 Å². The van der Waals surface area contributed by atoms with E-state index in [9.17, 15) is 0 Å². The fraction of sp³-hybridized carbons (Fsp3) is 0.840. The molecule has 0 bridgehead atoms. The summed E-state index contributed by atoms with van der Waals surface area (Å²) >= 11 is 7.07. The van der Waals surface area contributed by atoms with Gasteiger partial charge in [0.25, 0.3) is 0 Å². The van der Waals surface area contributed by atoms with E-state index >= 15 is 0 Å². The van der Waals surface area contributed by atoms with Crippen molar-refractivity contribution in [2.75, 3.05) is 0 Å². The molecule has 0 aromatic rings. The Kier molecular flexibility index (Phi) is 5.78. The molecule has 0 N–H and O–H groups in total. The molecule has 2 saturated carbocycles. The van der Waals surface area contributed by atoms with Gasteiger partial charge in [-0.3, -0.25) is 0 Å². The van der Waals surface area contributed by atoms with Gasteiger partial charge in [0.1, 0.15) is 0 Å². The summed E-state index contributed by atoms with van der Waals surface area (Å²) in [5.74, 6) is 3.65. The Hall–Kier alpha value is -0.0362. The number of rotatable bonds is 4. The van der Waals surface area contributed by atoms with Gasteiger partial charge < -0.3 is 8.85 Å². The van der Waals surface area contributed by atoms with Crippen molar-refractivity contribution in [3.63, 3.8) is 0 Å². The quantitative estimate of drug-likeness (QED) is 0.389. The first-order chi connectivity index (χ1) is 13.7. The monoisotopic (exact) mass is 466 g/mol. The maximum absolute atomic E-state index is 7.07. The summed E-state index contributed by atoms with van der Waals surface area (Å²) in [5.41, 5.74) is 2.07. The van der Waals surface area contributed by atoms with Crippen LogP contribution in [0.3, 0.4) is 0 Å². The van der Waals surface area contributed by atoms with Crippen LogP contribution in [-0.2, 0) is 8.85 Å². The van der Waals surface area contributed by atoms with Crippen LogP contribution in [0, 0.1) is 28.6 Å². The summed E-state index contributed by atoms with van der Waals surface area (Å²) in [4.78, 5) is 0. The first-order valence-electron chi connectivity index (χ1n) is 12.2. The molecule has 0 aliphatic heterocycles. The summed E-state index contributed by atoms with van der Waals surface area (Å²) in [6.07, 6.45) is 11.2. The molecule has 5 heteroatoms. The first kappa shape index (κ1) is 23.1. The smallest absolute Gasteiger partial charge is 0.241 e. The average molecular weight is 467 g/mol. The minimum absolute atomic E-state index is 0.150. The zero-order chi connectivity index (χ0) is 22.1. The van der Waals surface area contributed by atoms with Gasteiger partial charge in [-0.2, -0.15) is 0 Å². The molecule has 170 valence electrons. The molecule has 0 amide bonds. The highest BCUT2D eigenvalue weighted by Gasteiger charge is 2.58. The van der Waals surface area contributed by atoms with Gasteiger partial charge in [0, 0.05) is 10.4 Å². The van der Waals surface area contributed by atoms with E-state index in [1.807, 2.05) is 0 Å². The van der Waals surface area contributed by atoms with Crippen LogP contribution >= 0.6 is 11.6 Å². The van der Waals surface area contributed by atoms with E-state index in [0.29, 0.717) is 0 Å². The Bertz CT molecular complexity index is 762. The lowest BCUT2D eigenvalue weighted by Gasteiger charge is -2.58.